The fourth-order valence-corrected chi connectivity index (χ4v) is 3.93. The van der Waals surface area contributed by atoms with Gasteiger partial charge >= 0.3 is 0 Å². The van der Waals surface area contributed by atoms with E-state index in [4.69, 9.17) is 9.72 Å². The van der Waals surface area contributed by atoms with Crippen LogP contribution < -0.4 is 4.90 Å². The molecule has 2 aromatic heterocycles. The molecule has 3 aromatic rings. The average Bonchev–Trinajstić information content (AvgIpc) is 3.11. The maximum atomic E-state index is 5.92. The zero-order chi connectivity index (χ0) is 15.8. The number of nitrogens with zero attached hydrogens (tertiary/aromatic N) is 5. The minimum atomic E-state index is 0.107. The van der Waals surface area contributed by atoms with Crippen LogP contribution in [-0.4, -0.2) is 45.5 Å². The van der Waals surface area contributed by atoms with Crippen LogP contribution in [0.25, 0.3) is 10.2 Å². The van der Waals surface area contributed by atoms with Gasteiger partial charge in [-0.05, 0) is 26.0 Å². The van der Waals surface area contributed by atoms with E-state index in [2.05, 4.69) is 33.2 Å². The number of para-hydroxylation sites is 1. The van der Waals surface area contributed by atoms with Gasteiger partial charge in [-0.3, -0.25) is 0 Å². The van der Waals surface area contributed by atoms with Gasteiger partial charge in [-0.15, -0.1) is 0 Å². The van der Waals surface area contributed by atoms with Crippen LogP contribution in [0.3, 0.4) is 0 Å². The van der Waals surface area contributed by atoms with Crippen molar-refractivity contribution >= 4 is 26.7 Å². The highest BCUT2D eigenvalue weighted by atomic mass is 32.1. The summed E-state index contributed by atoms with van der Waals surface area (Å²) in [7, 11) is 0. The summed E-state index contributed by atoms with van der Waals surface area (Å²) in [4.78, 5) is 11.4. The fraction of sp³-hybridized carbons (Fsp3) is 0.438. The van der Waals surface area contributed by atoms with Gasteiger partial charge in [0.25, 0.3) is 0 Å². The van der Waals surface area contributed by atoms with Gasteiger partial charge in [-0.25, -0.2) is 14.6 Å². The molecule has 23 heavy (non-hydrogen) atoms. The Labute approximate surface area is 138 Å². The highest BCUT2D eigenvalue weighted by molar-refractivity contribution is 7.22. The number of benzene rings is 1. The molecule has 1 atom stereocenters. The third-order valence-corrected chi connectivity index (χ3v) is 5.13. The van der Waals surface area contributed by atoms with Crippen molar-refractivity contribution < 1.29 is 4.74 Å². The number of aromatic nitrogens is 4. The summed E-state index contributed by atoms with van der Waals surface area (Å²) in [5, 5.41) is 5.51. The minimum Gasteiger partial charge on any atom is -0.373 e. The van der Waals surface area contributed by atoms with Crippen molar-refractivity contribution in [3.05, 3.63) is 35.9 Å². The van der Waals surface area contributed by atoms with E-state index in [0.29, 0.717) is 6.61 Å². The molecule has 0 spiro atoms. The van der Waals surface area contributed by atoms with Gasteiger partial charge in [0.2, 0.25) is 0 Å². The van der Waals surface area contributed by atoms with Crippen LogP contribution in [0.2, 0.25) is 0 Å². The van der Waals surface area contributed by atoms with Gasteiger partial charge in [-0.1, -0.05) is 23.5 Å². The molecule has 120 valence electrons. The number of ether oxygens (including phenoxy) is 1. The molecule has 1 aromatic carbocycles. The first kappa shape index (κ1) is 14.6. The molecule has 0 N–H and O–H groups in total. The van der Waals surface area contributed by atoms with Gasteiger partial charge in [-0.2, -0.15) is 5.10 Å². The lowest BCUT2D eigenvalue weighted by molar-refractivity contribution is 0.0269. The molecule has 6 nitrogen and oxygen atoms in total. The number of thiazole rings is 1. The largest absolute Gasteiger partial charge is 0.373 e. The normalized spacial score (nSPS) is 18.7. The Balaban J connectivity index is 1.51. The molecule has 0 bridgehead atoms. The monoisotopic (exact) mass is 329 g/mol. The number of hydrogen-bond donors (Lipinski definition) is 0. The molecule has 1 aliphatic heterocycles. The molecular weight excluding hydrogens is 310 g/mol. The van der Waals surface area contributed by atoms with Crippen LogP contribution in [0.15, 0.2) is 24.3 Å². The van der Waals surface area contributed by atoms with Crippen LogP contribution in [0.5, 0.6) is 0 Å². The van der Waals surface area contributed by atoms with E-state index in [1.54, 1.807) is 11.3 Å². The Hall–Kier alpha value is -1.99. The third kappa shape index (κ3) is 2.94. The lowest BCUT2D eigenvalue weighted by atomic mass is 10.3. The zero-order valence-corrected chi connectivity index (χ0v) is 14.1. The molecule has 0 amide bonds. The number of morpholine rings is 1. The van der Waals surface area contributed by atoms with Crippen molar-refractivity contribution in [3.8, 4) is 0 Å². The molecule has 1 saturated heterocycles. The molecule has 7 heteroatoms. The van der Waals surface area contributed by atoms with E-state index in [0.717, 1.165) is 41.9 Å². The molecule has 0 saturated carbocycles. The van der Waals surface area contributed by atoms with Gasteiger partial charge in [0.15, 0.2) is 5.13 Å². The zero-order valence-electron chi connectivity index (χ0n) is 13.3. The maximum absolute atomic E-state index is 5.92. The SMILES string of the molecule is Cc1nc(C)n(CC2CN(c3nc4ccccc4s3)CCO2)n1. The lowest BCUT2D eigenvalue weighted by Gasteiger charge is -2.32. The first-order valence-electron chi connectivity index (χ1n) is 7.79. The molecule has 1 fully saturated rings. The first-order chi connectivity index (χ1) is 11.2. The fourth-order valence-electron chi connectivity index (χ4n) is 2.93. The second kappa shape index (κ2) is 5.90. The maximum Gasteiger partial charge on any atom is 0.186 e. The highest BCUT2D eigenvalue weighted by Gasteiger charge is 2.24. The molecule has 0 aliphatic carbocycles. The topological polar surface area (TPSA) is 56.1 Å². The molecule has 0 radical (unpaired) electrons. The Morgan fingerprint density at radius 2 is 2.13 bits per heavy atom. The van der Waals surface area contributed by atoms with Crippen molar-refractivity contribution in [1.29, 1.82) is 0 Å². The van der Waals surface area contributed by atoms with Gasteiger partial charge < -0.3 is 9.64 Å². The summed E-state index contributed by atoms with van der Waals surface area (Å²) in [5.41, 5.74) is 1.07. The predicted octanol–water partition coefficient (Wildman–Crippen LogP) is 2.41. The van der Waals surface area contributed by atoms with Crippen LogP contribution >= 0.6 is 11.3 Å². The quantitative estimate of drug-likeness (QED) is 0.738. The van der Waals surface area contributed by atoms with Crippen molar-refractivity contribution in [3.63, 3.8) is 0 Å². The van der Waals surface area contributed by atoms with Gasteiger partial charge in [0, 0.05) is 13.1 Å². The predicted molar refractivity (Wildman–Crippen MR) is 91.1 cm³/mol. The second-order valence-corrected chi connectivity index (χ2v) is 6.80. The van der Waals surface area contributed by atoms with Crippen LogP contribution in [0.1, 0.15) is 11.6 Å². The van der Waals surface area contributed by atoms with E-state index in [1.807, 2.05) is 24.6 Å². The van der Waals surface area contributed by atoms with Crippen LogP contribution in [0, 0.1) is 13.8 Å². The second-order valence-electron chi connectivity index (χ2n) is 5.79. The summed E-state index contributed by atoms with van der Waals surface area (Å²) in [6.45, 7) is 7.05. The molecule has 1 aliphatic rings. The minimum absolute atomic E-state index is 0.107. The van der Waals surface area contributed by atoms with Crippen LogP contribution in [0.4, 0.5) is 5.13 Å². The highest BCUT2D eigenvalue weighted by Crippen LogP contribution is 2.29. The van der Waals surface area contributed by atoms with E-state index in [1.165, 1.54) is 4.70 Å². The summed E-state index contributed by atoms with van der Waals surface area (Å²) in [5.74, 6) is 1.74. The van der Waals surface area contributed by atoms with E-state index in [-0.39, 0.29) is 6.10 Å². The smallest absolute Gasteiger partial charge is 0.186 e. The van der Waals surface area contributed by atoms with Crippen molar-refractivity contribution in [2.24, 2.45) is 0 Å². The van der Waals surface area contributed by atoms with Gasteiger partial charge in [0.05, 0.1) is 29.5 Å². The van der Waals surface area contributed by atoms with Crippen LogP contribution in [-0.2, 0) is 11.3 Å². The summed E-state index contributed by atoms with van der Waals surface area (Å²) < 4.78 is 9.08. The Kier molecular flexibility index (Phi) is 3.74. The van der Waals surface area contributed by atoms with Crippen molar-refractivity contribution in [1.82, 2.24) is 19.7 Å². The standard InChI is InChI=1S/C16H19N5OS/c1-11-17-12(2)21(19-11)10-13-9-20(7-8-22-13)16-18-14-5-3-4-6-15(14)23-16/h3-6,13H,7-10H2,1-2H3. The average molecular weight is 329 g/mol. The van der Waals surface area contributed by atoms with Gasteiger partial charge in [0.1, 0.15) is 11.6 Å². The Bertz CT molecular complexity index is 794. The summed E-state index contributed by atoms with van der Waals surface area (Å²) in [6.07, 6.45) is 0.107. The number of rotatable bonds is 3. The first-order valence-corrected chi connectivity index (χ1v) is 8.61. The lowest BCUT2D eigenvalue weighted by Crippen LogP contribution is -2.44. The molecule has 4 rings (SSSR count). The summed E-state index contributed by atoms with van der Waals surface area (Å²) in [6, 6.07) is 8.27. The number of anilines is 1. The third-order valence-electron chi connectivity index (χ3n) is 4.03. The van der Waals surface area contributed by atoms with Crippen molar-refractivity contribution in [2.45, 2.75) is 26.5 Å². The van der Waals surface area contributed by atoms with E-state index >= 15 is 0 Å². The van der Waals surface area contributed by atoms with Crippen molar-refractivity contribution in [2.75, 3.05) is 24.6 Å². The van der Waals surface area contributed by atoms with E-state index in [9.17, 15) is 0 Å². The molecule has 1 unspecified atom stereocenters. The number of aryl methyl sites for hydroxylation is 2. The summed E-state index contributed by atoms with van der Waals surface area (Å²) >= 11 is 1.74. The molecule has 3 heterocycles. The Morgan fingerprint density at radius 1 is 1.26 bits per heavy atom. The molecular formula is C16H19N5OS. The Morgan fingerprint density at radius 3 is 2.91 bits per heavy atom. The van der Waals surface area contributed by atoms with E-state index < -0.39 is 0 Å². The number of fused-ring (bicyclic) bond motifs is 1. The number of hydrogen-bond acceptors (Lipinski definition) is 6.